The normalized spacial score (nSPS) is 15.8. The van der Waals surface area contributed by atoms with Crippen LogP contribution in [0.2, 0.25) is 0 Å². The standard InChI is InChI=1S/C27H27N5O2/c1-20-19-31(14-15-34-20)26-11-10-21(17-28-26)18-29-27(33)23-8-5-9-24(16-23)32-25(12-13-30-32)22-6-3-2-4-7-22/h2-13,16-17,20H,14-15,18-19H2,1H3,(H,29,33). The van der Waals surface area contributed by atoms with E-state index in [4.69, 9.17) is 4.74 Å². The van der Waals surface area contributed by atoms with Crippen molar-refractivity contribution in [2.75, 3.05) is 24.6 Å². The molecule has 1 atom stereocenters. The molecule has 1 saturated heterocycles. The highest BCUT2D eigenvalue weighted by Gasteiger charge is 2.18. The van der Waals surface area contributed by atoms with Gasteiger partial charge in [-0.2, -0.15) is 5.10 Å². The van der Waals surface area contributed by atoms with Crippen LogP contribution in [0.3, 0.4) is 0 Å². The average Bonchev–Trinajstić information content (AvgIpc) is 3.38. The highest BCUT2D eigenvalue weighted by Crippen LogP contribution is 2.22. The fraction of sp³-hybridized carbons (Fsp3) is 0.222. The predicted octanol–water partition coefficient (Wildman–Crippen LogP) is 4.09. The van der Waals surface area contributed by atoms with E-state index >= 15 is 0 Å². The van der Waals surface area contributed by atoms with Crippen molar-refractivity contribution in [3.8, 4) is 16.9 Å². The second-order valence-electron chi connectivity index (χ2n) is 8.38. The topological polar surface area (TPSA) is 72.3 Å². The minimum atomic E-state index is -0.138. The first-order chi connectivity index (χ1) is 16.7. The summed E-state index contributed by atoms with van der Waals surface area (Å²) in [5.41, 5.74) is 4.41. The molecular formula is C27H27N5O2. The summed E-state index contributed by atoms with van der Waals surface area (Å²) in [5.74, 6) is 0.799. The molecule has 7 heteroatoms. The van der Waals surface area contributed by atoms with Crippen LogP contribution in [0.4, 0.5) is 5.82 Å². The number of hydrogen-bond acceptors (Lipinski definition) is 5. The van der Waals surface area contributed by atoms with E-state index < -0.39 is 0 Å². The molecule has 1 amide bonds. The molecule has 2 aromatic heterocycles. The van der Waals surface area contributed by atoms with Crippen molar-refractivity contribution in [2.45, 2.75) is 19.6 Å². The van der Waals surface area contributed by atoms with Gasteiger partial charge in [0.15, 0.2) is 0 Å². The van der Waals surface area contributed by atoms with Crippen molar-refractivity contribution >= 4 is 11.7 Å². The van der Waals surface area contributed by atoms with Crippen molar-refractivity contribution in [3.05, 3.63) is 96.3 Å². The Morgan fingerprint density at radius 2 is 1.97 bits per heavy atom. The van der Waals surface area contributed by atoms with Crippen LogP contribution in [0.25, 0.3) is 16.9 Å². The van der Waals surface area contributed by atoms with Gasteiger partial charge in [-0.25, -0.2) is 9.67 Å². The lowest BCUT2D eigenvalue weighted by molar-refractivity contribution is 0.0529. The highest BCUT2D eigenvalue weighted by atomic mass is 16.5. The van der Waals surface area contributed by atoms with Crippen molar-refractivity contribution in [1.29, 1.82) is 0 Å². The van der Waals surface area contributed by atoms with E-state index in [0.29, 0.717) is 18.7 Å². The van der Waals surface area contributed by atoms with Crippen LogP contribution in [0.1, 0.15) is 22.8 Å². The third-order valence-electron chi connectivity index (χ3n) is 5.89. The Morgan fingerprint density at radius 3 is 2.76 bits per heavy atom. The van der Waals surface area contributed by atoms with E-state index in [1.54, 1.807) is 6.20 Å². The molecule has 0 radical (unpaired) electrons. The van der Waals surface area contributed by atoms with Crippen molar-refractivity contribution in [3.63, 3.8) is 0 Å². The van der Waals surface area contributed by atoms with Gasteiger partial charge >= 0.3 is 0 Å². The quantitative estimate of drug-likeness (QED) is 0.476. The second kappa shape index (κ2) is 9.89. The Kier molecular flexibility index (Phi) is 6.35. The number of amides is 1. The highest BCUT2D eigenvalue weighted by molar-refractivity contribution is 5.94. The summed E-state index contributed by atoms with van der Waals surface area (Å²) < 4.78 is 7.45. The molecule has 3 heterocycles. The summed E-state index contributed by atoms with van der Waals surface area (Å²) >= 11 is 0. The molecular weight excluding hydrogens is 426 g/mol. The fourth-order valence-corrected chi connectivity index (χ4v) is 4.13. The number of pyridine rings is 1. The number of morpholine rings is 1. The van der Waals surface area contributed by atoms with Gasteiger partial charge in [0.1, 0.15) is 5.82 Å². The molecule has 1 aliphatic rings. The zero-order chi connectivity index (χ0) is 23.3. The first kappa shape index (κ1) is 21.9. The summed E-state index contributed by atoms with van der Waals surface area (Å²) in [6.45, 7) is 4.87. The van der Waals surface area contributed by atoms with E-state index in [9.17, 15) is 4.79 Å². The molecule has 0 bridgehead atoms. The second-order valence-corrected chi connectivity index (χ2v) is 8.38. The Balaban J connectivity index is 1.25. The van der Waals surface area contributed by atoms with Gasteiger partial charge < -0.3 is 15.0 Å². The van der Waals surface area contributed by atoms with Crippen molar-refractivity contribution in [2.24, 2.45) is 0 Å². The molecule has 0 spiro atoms. The Hall–Kier alpha value is -3.97. The van der Waals surface area contributed by atoms with Crippen LogP contribution in [0, 0.1) is 0 Å². The van der Waals surface area contributed by atoms with E-state index in [1.165, 1.54) is 0 Å². The number of nitrogens with one attached hydrogen (secondary N) is 1. The minimum absolute atomic E-state index is 0.138. The molecule has 1 unspecified atom stereocenters. The van der Waals surface area contributed by atoms with Gasteiger partial charge in [0.25, 0.3) is 5.91 Å². The summed E-state index contributed by atoms with van der Waals surface area (Å²) in [7, 11) is 0. The zero-order valence-electron chi connectivity index (χ0n) is 19.1. The van der Waals surface area contributed by atoms with Gasteiger partial charge in [-0.15, -0.1) is 0 Å². The summed E-state index contributed by atoms with van der Waals surface area (Å²) in [4.78, 5) is 19.7. The number of benzene rings is 2. The lowest BCUT2D eigenvalue weighted by Gasteiger charge is -2.32. The maximum absolute atomic E-state index is 12.9. The van der Waals surface area contributed by atoms with E-state index in [0.717, 1.165) is 41.4 Å². The van der Waals surface area contributed by atoms with Crippen LogP contribution in [-0.2, 0) is 11.3 Å². The predicted molar refractivity (Wildman–Crippen MR) is 132 cm³/mol. The molecule has 4 aromatic rings. The molecule has 1 fully saturated rings. The number of nitrogens with zero attached hydrogens (tertiary/aromatic N) is 4. The van der Waals surface area contributed by atoms with Gasteiger partial charge in [-0.05, 0) is 42.8 Å². The minimum Gasteiger partial charge on any atom is -0.375 e. The van der Waals surface area contributed by atoms with Crippen LogP contribution in [-0.4, -0.2) is 46.5 Å². The van der Waals surface area contributed by atoms with Crippen LogP contribution in [0.5, 0.6) is 0 Å². The van der Waals surface area contributed by atoms with Crippen LogP contribution < -0.4 is 10.2 Å². The van der Waals surface area contributed by atoms with E-state index in [-0.39, 0.29) is 12.0 Å². The van der Waals surface area contributed by atoms with Gasteiger partial charge in [0.05, 0.1) is 30.3 Å². The number of carbonyl (C=O) groups excluding carboxylic acids is 1. The van der Waals surface area contributed by atoms with Crippen molar-refractivity contribution in [1.82, 2.24) is 20.1 Å². The fourth-order valence-electron chi connectivity index (χ4n) is 4.13. The zero-order valence-corrected chi connectivity index (χ0v) is 19.1. The SMILES string of the molecule is CC1CN(c2ccc(CNC(=O)c3cccc(-n4nccc4-c4ccccc4)c3)cn2)CCO1. The number of aromatic nitrogens is 3. The third kappa shape index (κ3) is 4.84. The maximum Gasteiger partial charge on any atom is 0.251 e. The van der Waals surface area contributed by atoms with Gasteiger partial charge in [0, 0.05) is 37.0 Å². The molecule has 172 valence electrons. The number of ether oxygens (including phenoxy) is 1. The molecule has 0 saturated carbocycles. The third-order valence-corrected chi connectivity index (χ3v) is 5.89. The molecule has 1 N–H and O–H groups in total. The smallest absolute Gasteiger partial charge is 0.251 e. The summed E-state index contributed by atoms with van der Waals surface area (Å²) in [6.07, 6.45) is 3.79. The molecule has 34 heavy (non-hydrogen) atoms. The van der Waals surface area contributed by atoms with Gasteiger partial charge in [-0.1, -0.05) is 42.5 Å². The van der Waals surface area contributed by atoms with E-state index in [1.807, 2.05) is 83.7 Å². The largest absolute Gasteiger partial charge is 0.375 e. The number of anilines is 1. The Morgan fingerprint density at radius 1 is 1.09 bits per heavy atom. The lowest BCUT2D eigenvalue weighted by atomic mass is 10.1. The molecule has 2 aromatic carbocycles. The first-order valence-corrected chi connectivity index (χ1v) is 11.5. The Labute approximate surface area is 199 Å². The molecule has 5 rings (SSSR count). The number of hydrogen-bond donors (Lipinski definition) is 1. The van der Waals surface area contributed by atoms with Crippen LogP contribution in [0.15, 0.2) is 85.2 Å². The lowest BCUT2D eigenvalue weighted by Crippen LogP contribution is -2.41. The number of carbonyl (C=O) groups is 1. The average molecular weight is 454 g/mol. The molecule has 0 aliphatic carbocycles. The summed E-state index contributed by atoms with van der Waals surface area (Å²) in [6, 6.07) is 23.5. The maximum atomic E-state index is 12.9. The van der Waals surface area contributed by atoms with Gasteiger partial charge in [-0.3, -0.25) is 4.79 Å². The van der Waals surface area contributed by atoms with Gasteiger partial charge in [0.2, 0.25) is 0 Å². The van der Waals surface area contributed by atoms with Crippen LogP contribution >= 0.6 is 0 Å². The van der Waals surface area contributed by atoms with E-state index in [2.05, 4.69) is 27.2 Å². The first-order valence-electron chi connectivity index (χ1n) is 11.5. The molecule has 7 nitrogen and oxygen atoms in total. The summed E-state index contributed by atoms with van der Waals surface area (Å²) in [5, 5.41) is 7.47. The number of rotatable bonds is 6. The van der Waals surface area contributed by atoms with Crippen molar-refractivity contribution < 1.29 is 9.53 Å². The Bertz CT molecular complexity index is 1250. The molecule has 1 aliphatic heterocycles. The monoisotopic (exact) mass is 453 g/mol.